The van der Waals surface area contributed by atoms with Crippen molar-refractivity contribution in [3.05, 3.63) is 65.5 Å². The molecule has 0 heterocycles. The van der Waals surface area contributed by atoms with Crippen molar-refractivity contribution >= 4 is 0 Å². The van der Waals surface area contributed by atoms with Gasteiger partial charge in [-0.1, -0.05) is 30.3 Å². The van der Waals surface area contributed by atoms with E-state index >= 15 is 0 Å². The number of hydrogen-bond acceptors (Lipinski definition) is 2. The normalized spacial score (nSPS) is 10.3. The van der Waals surface area contributed by atoms with Gasteiger partial charge in [0.1, 0.15) is 11.6 Å². The highest BCUT2D eigenvalue weighted by Gasteiger charge is 1.97. The maximum Gasteiger partial charge on any atom is 0.126 e. The van der Waals surface area contributed by atoms with E-state index in [2.05, 4.69) is 0 Å². The second-order valence-corrected chi connectivity index (χ2v) is 4.08. The Bertz CT molecular complexity index is 496. The first-order valence-corrected chi connectivity index (χ1v) is 5.94. The summed E-state index contributed by atoms with van der Waals surface area (Å²) in [6.07, 6.45) is 0.793. The third-order valence-corrected chi connectivity index (χ3v) is 2.71. The van der Waals surface area contributed by atoms with Crippen LogP contribution in [-0.4, -0.2) is 6.61 Å². The Labute approximate surface area is 106 Å². The summed E-state index contributed by atoms with van der Waals surface area (Å²) in [5.74, 6) is 0.286. The topological polar surface area (TPSA) is 35.2 Å². The van der Waals surface area contributed by atoms with Crippen LogP contribution >= 0.6 is 0 Å². The number of nitrogens with two attached hydrogens (primary N) is 1. The lowest BCUT2D eigenvalue weighted by Crippen LogP contribution is -2.02. The van der Waals surface area contributed by atoms with Gasteiger partial charge < -0.3 is 10.5 Å². The summed E-state index contributed by atoms with van der Waals surface area (Å²) in [7, 11) is 0. The van der Waals surface area contributed by atoms with E-state index in [9.17, 15) is 4.39 Å². The van der Waals surface area contributed by atoms with E-state index in [4.69, 9.17) is 10.5 Å². The molecule has 2 rings (SSSR count). The quantitative estimate of drug-likeness (QED) is 0.879. The van der Waals surface area contributed by atoms with Gasteiger partial charge in [-0.05, 0) is 23.3 Å². The fraction of sp³-hybridized carbons (Fsp3) is 0.200. The van der Waals surface area contributed by atoms with Crippen LogP contribution in [0.3, 0.4) is 0 Å². The standard InChI is InChI=1S/C15H16FNO/c16-14-2-1-3-15(10-14)18-9-8-12-4-6-13(11-17)7-5-12/h1-7,10H,8-9,11,17H2. The molecule has 3 heteroatoms. The molecule has 0 aliphatic heterocycles. The van der Waals surface area contributed by atoms with E-state index in [1.165, 1.54) is 17.7 Å². The van der Waals surface area contributed by atoms with Crippen molar-refractivity contribution in [1.82, 2.24) is 0 Å². The molecule has 0 spiro atoms. The van der Waals surface area contributed by atoms with E-state index in [-0.39, 0.29) is 5.82 Å². The van der Waals surface area contributed by atoms with Gasteiger partial charge in [-0.15, -0.1) is 0 Å². The second kappa shape index (κ2) is 6.17. The second-order valence-electron chi connectivity index (χ2n) is 4.08. The molecule has 2 aromatic carbocycles. The summed E-state index contributed by atoms with van der Waals surface area (Å²) in [6, 6.07) is 14.3. The molecule has 0 fully saturated rings. The SMILES string of the molecule is NCc1ccc(CCOc2cccc(F)c2)cc1. The average molecular weight is 245 g/mol. The van der Waals surface area contributed by atoms with Gasteiger partial charge in [0, 0.05) is 19.0 Å². The third-order valence-electron chi connectivity index (χ3n) is 2.71. The molecular weight excluding hydrogens is 229 g/mol. The highest BCUT2D eigenvalue weighted by Crippen LogP contribution is 2.12. The minimum atomic E-state index is -0.278. The minimum absolute atomic E-state index is 0.278. The van der Waals surface area contributed by atoms with Crippen molar-refractivity contribution in [1.29, 1.82) is 0 Å². The largest absolute Gasteiger partial charge is 0.493 e. The highest BCUT2D eigenvalue weighted by atomic mass is 19.1. The van der Waals surface area contributed by atoms with Crippen molar-refractivity contribution < 1.29 is 9.13 Å². The number of rotatable bonds is 5. The average Bonchev–Trinajstić information content (AvgIpc) is 2.40. The maximum atomic E-state index is 12.9. The molecule has 18 heavy (non-hydrogen) atoms. The summed E-state index contributed by atoms with van der Waals surface area (Å²) in [6.45, 7) is 1.09. The van der Waals surface area contributed by atoms with Crippen molar-refractivity contribution in [3.8, 4) is 5.75 Å². The molecular formula is C15H16FNO. The van der Waals surface area contributed by atoms with E-state index < -0.39 is 0 Å². The molecule has 0 aliphatic rings. The van der Waals surface area contributed by atoms with Gasteiger partial charge in [0.2, 0.25) is 0 Å². The van der Waals surface area contributed by atoms with Crippen molar-refractivity contribution in [3.63, 3.8) is 0 Å². The molecule has 0 saturated carbocycles. The van der Waals surface area contributed by atoms with Gasteiger partial charge in [0.15, 0.2) is 0 Å². The fourth-order valence-electron chi connectivity index (χ4n) is 1.69. The zero-order valence-electron chi connectivity index (χ0n) is 10.1. The molecule has 94 valence electrons. The lowest BCUT2D eigenvalue weighted by Gasteiger charge is -2.06. The number of ether oxygens (including phenoxy) is 1. The molecule has 2 nitrogen and oxygen atoms in total. The van der Waals surface area contributed by atoms with Crippen LogP contribution in [-0.2, 0) is 13.0 Å². The van der Waals surface area contributed by atoms with Gasteiger partial charge in [-0.25, -0.2) is 4.39 Å². The van der Waals surface area contributed by atoms with E-state index in [0.717, 1.165) is 12.0 Å². The van der Waals surface area contributed by atoms with Crippen LogP contribution < -0.4 is 10.5 Å². The predicted octanol–water partition coefficient (Wildman–Crippen LogP) is 2.91. The Kier molecular flexibility index (Phi) is 4.31. The Morgan fingerprint density at radius 1 is 1.00 bits per heavy atom. The fourth-order valence-corrected chi connectivity index (χ4v) is 1.69. The van der Waals surface area contributed by atoms with Crippen LogP contribution in [0.5, 0.6) is 5.75 Å². The number of halogens is 1. The van der Waals surface area contributed by atoms with Crippen molar-refractivity contribution in [2.24, 2.45) is 5.73 Å². The van der Waals surface area contributed by atoms with Crippen LogP contribution in [0.25, 0.3) is 0 Å². The van der Waals surface area contributed by atoms with Gasteiger partial charge in [-0.3, -0.25) is 0 Å². The minimum Gasteiger partial charge on any atom is -0.493 e. The van der Waals surface area contributed by atoms with E-state index in [1.807, 2.05) is 24.3 Å². The molecule has 0 amide bonds. The summed E-state index contributed by atoms with van der Waals surface area (Å²) in [4.78, 5) is 0. The molecule has 2 N–H and O–H groups in total. The van der Waals surface area contributed by atoms with Crippen LogP contribution in [0.15, 0.2) is 48.5 Å². The van der Waals surface area contributed by atoms with Gasteiger partial charge in [0.05, 0.1) is 6.61 Å². The Hall–Kier alpha value is -1.87. The maximum absolute atomic E-state index is 12.9. The van der Waals surface area contributed by atoms with Crippen LogP contribution in [0.1, 0.15) is 11.1 Å². The zero-order valence-corrected chi connectivity index (χ0v) is 10.1. The first-order valence-electron chi connectivity index (χ1n) is 5.94. The third kappa shape index (κ3) is 3.57. The summed E-state index contributed by atoms with van der Waals surface area (Å²) in [5.41, 5.74) is 7.83. The van der Waals surface area contributed by atoms with Gasteiger partial charge in [-0.2, -0.15) is 0 Å². The highest BCUT2D eigenvalue weighted by molar-refractivity contribution is 5.24. The molecule has 0 aliphatic carbocycles. The molecule has 0 atom stereocenters. The molecule has 0 radical (unpaired) electrons. The molecule has 0 bridgehead atoms. The van der Waals surface area contributed by atoms with E-state index in [0.29, 0.717) is 18.9 Å². The van der Waals surface area contributed by atoms with Gasteiger partial charge >= 0.3 is 0 Å². The number of hydrogen-bond donors (Lipinski definition) is 1. The lowest BCUT2D eigenvalue weighted by atomic mass is 10.1. The zero-order chi connectivity index (χ0) is 12.8. The van der Waals surface area contributed by atoms with Crippen LogP contribution in [0.4, 0.5) is 4.39 Å². The molecule has 0 saturated heterocycles. The van der Waals surface area contributed by atoms with Crippen molar-refractivity contribution in [2.45, 2.75) is 13.0 Å². The lowest BCUT2D eigenvalue weighted by molar-refractivity contribution is 0.320. The molecule has 0 aromatic heterocycles. The summed E-state index contributed by atoms with van der Waals surface area (Å²) in [5, 5.41) is 0. The Balaban J connectivity index is 1.84. The Morgan fingerprint density at radius 3 is 2.39 bits per heavy atom. The molecule has 2 aromatic rings. The van der Waals surface area contributed by atoms with Gasteiger partial charge in [0.25, 0.3) is 0 Å². The first kappa shape index (κ1) is 12.6. The smallest absolute Gasteiger partial charge is 0.126 e. The predicted molar refractivity (Wildman–Crippen MR) is 69.9 cm³/mol. The van der Waals surface area contributed by atoms with Crippen LogP contribution in [0.2, 0.25) is 0 Å². The Morgan fingerprint density at radius 2 is 1.72 bits per heavy atom. The van der Waals surface area contributed by atoms with E-state index in [1.54, 1.807) is 12.1 Å². The summed E-state index contributed by atoms with van der Waals surface area (Å²) >= 11 is 0. The van der Waals surface area contributed by atoms with Crippen LogP contribution in [0, 0.1) is 5.82 Å². The number of benzene rings is 2. The molecule has 0 unspecified atom stereocenters. The summed E-state index contributed by atoms with van der Waals surface area (Å²) < 4.78 is 18.4. The van der Waals surface area contributed by atoms with Crippen molar-refractivity contribution in [2.75, 3.05) is 6.61 Å². The first-order chi connectivity index (χ1) is 8.78. The monoisotopic (exact) mass is 245 g/mol.